The predicted molar refractivity (Wildman–Crippen MR) is 107 cm³/mol. The number of ether oxygens (including phenoxy) is 1. The van der Waals surface area contributed by atoms with Crippen LogP contribution in [0.4, 0.5) is 0 Å². The molecule has 0 fully saturated rings. The number of fused-ring (bicyclic) bond motifs is 1. The third-order valence-electron chi connectivity index (χ3n) is 4.51. The molecule has 2 heterocycles. The van der Waals surface area contributed by atoms with Crippen molar-refractivity contribution in [2.75, 3.05) is 13.1 Å². The molecule has 0 atom stereocenters. The van der Waals surface area contributed by atoms with E-state index in [1.807, 2.05) is 52.1 Å². The average molecular weight is 363 g/mol. The summed E-state index contributed by atoms with van der Waals surface area (Å²) in [5.41, 5.74) is 1.96. The Morgan fingerprint density at radius 2 is 2.04 bits per heavy atom. The average Bonchev–Trinajstić information content (AvgIpc) is 3.10. The second kappa shape index (κ2) is 7.66. The highest BCUT2D eigenvalue weighted by Crippen LogP contribution is 2.27. The van der Waals surface area contributed by atoms with Crippen LogP contribution in [0.5, 0.6) is 5.75 Å². The maximum absolute atomic E-state index is 13.0. The van der Waals surface area contributed by atoms with E-state index in [0.717, 1.165) is 17.0 Å². The summed E-state index contributed by atoms with van der Waals surface area (Å²) in [6.45, 7) is 13.1. The molecule has 5 heteroatoms. The van der Waals surface area contributed by atoms with E-state index in [0.29, 0.717) is 25.4 Å². The molecule has 0 N–H and O–H groups in total. The fourth-order valence-electron chi connectivity index (χ4n) is 3.24. The van der Waals surface area contributed by atoms with Crippen molar-refractivity contribution in [3.05, 3.63) is 84.7 Å². The number of benzene rings is 1. The summed E-state index contributed by atoms with van der Waals surface area (Å²) < 4.78 is 7.60. The second-order valence-corrected chi connectivity index (χ2v) is 7.19. The van der Waals surface area contributed by atoms with Gasteiger partial charge in [-0.05, 0) is 37.6 Å². The number of allylic oxidation sites excluding steroid dienone is 2. The highest BCUT2D eigenvalue weighted by molar-refractivity contribution is 5.94. The number of rotatable bonds is 7. The highest BCUT2D eigenvalue weighted by Gasteiger charge is 2.37. The standard InChI is InChI=1S/C22H25N3O2/c1-5-10-17(6-2)14-24-16-22(3,4)25-20(21(24)26)13-18(23-25)15-27-19-11-8-7-9-12-19/h5-13H,1-2,14-16H2,3-4H3/b17-10+. The van der Waals surface area contributed by atoms with Gasteiger partial charge < -0.3 is 9.64 Å². The van der Waals surface area contributed by atoms with Crippen LogP contribution in [0.3, 0.4) is 0 Å². The highest BCUT2D eigenvalue weighted by atomic mass is 16.5. The van der Waals surface area contributed by atoms with Crippen LogP contribution >= 0.6 is 0 Å². The summed E-state index contributed by atoms with van der Waals surface area (Å²) in [5, 5.41) is 4.63. The molecule has 1 aromatic heterocycles. The lowest BCUT2D eigenvalue weighted by molar-refractivity contribution is 0.0597. The van der Waals surface area contributed by atoms with E-state index in [-0.39, 0.29) is 11.4 Å². The smallest absolute Gasteiger partial charge is 0.272 e. The number of hydrogen-bond acceptors (Lipinski definition) is 3. The first-order valence-electron chi connectivity index (χ1n) is 8.95. The number of aromatic nitrogens is 2. The van der Waals surface area contributed by atoms with Crippen LogP contribution in [0.25, 0.3) is 0 Å². The van der Waals surface area contributed by atoms with Gasteiger partial charge in [-0.2, -0.15) is 5.10 Å². The second-order valence-electron chi connectivity index (χ2n) is 7.19. The van der Waals surface area contributed by atoms with E-state index in [9.17, 15) is 4.79 Å². The van der Waals surface area contributed by atoms with E-state index in [1.165, 1.54) is 0 Å². The number of carbonyl (C=O) groups excluding carboxylic acids is 1. The van der Waals surface area contributed by atoms with Crippen LogP contribution in [0.1, 0.15) is 30.0 Å². The Kier molecular flexibility index (Phi) is 5.31. The van der Waals surface area contributed by atoms with Crippen LogP contribution in [0, 0.1) is 0 Å². The van der Waals surface area contributed by atoms with Crippen molar-refractivity contribution in [2.45, 2.75) is 26.0 Å². The molecular weight excluding hydrogens is 338 g/mol. The van der Waals surface area contributed by atoms with Crippen LogP contribution in [-0.4, -0.2) is 33.7 Å². The first-order chi connectivity index (χ1) is 12.9. The number of nitrogens with zero attached hydrogens (tertiary/aromatic N) is 3. The van der Waals surface area contributed by atoms with Crippen molar-refractivity contribution in [2.24, 2.45) is 0 Å². The molecule has 1 aliphatic rings. The first-order valence-corrected chi connectivity index (χ1v) is 8.95. The van der Waals surface area contributed by atoms with Gasteiger partial charge in [-0.25, -0.2) is 0 Å². The molecule has 0 radical (unpaired) electrons. The molecule has 140 valence electrons. The van der Waals surface area contributed by atoms with E-state index >= 15 is 0 Å². The maximum Gasteiger partial charge on any atom is 0.272 e. The molecule has 0 unspecified atom stereocenters. The minimum Gasteiger partial charge on any atom is -0.487 e. The van der Waals surface area contributed by atoms with E-state index in [1.54, 1.807) is 12.2 Å². The molecule has 27 heavy (non-hydrogen) atoms. The molecule has 0 bridgehead atoms. The Hall–Kier alpha value is -3.08. The molecule has 0 saturated heterocycles. The fourth-order valence-corrected chi connectivity index (χ4v) is 3.24. The molecule has 2 aromatic rings. The lowest BCUT2D eigenvalue weighted by Gasteiger charge is -2.38. The predicted octanol–water partition coefficient (Wildman–Crippen LogP) is 3.95. The quantitative estimate of drug-likeness (QED) is 0.700. The monoisotopic (exact) mass is 363 g/mol. The summed E-state index contributed by atoms with van der Waals surface area (Å²) in [5.74, 6) is 0.741. The first kappa shape index (κ1) is 18.7. The number of carbonyl (C=O) groups is 1. The Bertz CT molecular complexity index is 878. The molecular formula is C22H25N3O2. The van der Waals surface area contributed by atoms with Crippen LogP contribution < -0.4 is 4.74 Å². The number of hydrogen-bond donors (Lipinski definition) is 0. The Morgan fingerprint density at radius 1 is 1.30 bits per heavy atom. The topological polar surface area (TPSA) is 47.4 Å². The lowest BCUT2D eigenvalue weighted by atomic mass is 10.0. The van der Waals surface area contributed by atoms with Gasteiger partial charge in [0, 0.05) is 13.1 Å². The summed E-state index contributed by atoms with van der Waals surface area (Å²) in [6, 6.07) is 11.4. The van der Waals surface area contributed by atoms with E-state index in [4.69, 9.17) is 4.74 Å². The van der Waals surface area contributed by atoms with Gasteiger partial charge in [-0.3, -0.25) is 9.48 Å². The van der Waals surface area contributed by atoms with Crippen molar-refractivity contribution in [1.82, 2.24) is 14.7 Å². The third kappa shape index (κ3) is 4.03. The molecule has 5 nitrogen and oxygen atoms in total. The summed E-state index contributed by atoms with van der Waals surface area (Å²) in [7, 11) is 0. The summed E-state index contributed by atoms with van der Waals surface area (Å²) >= 11 is 0. The molecule has 3 rings (SSSR count). The normalized spacial score (nSPS) is 16.0. The van der Waals surface area contributed by atoms with E-state index in [2.05, 4.69) is 32.1 Å². The van der Waals surface area contributed by atoms with E-state index < -0.39 is 0 Å². The molecule has 1 aromatic carbocycles. The van der Waals surface area contributed by atoms with Crippen molar-refractivity contribution < 1.29 is 9.53 Å². The van der Waals surface area contributed by atoms with Gasteiger partial charge in [0.1, 0.15) is 23.7 Å². The zero-order valence-corrected chi connectivity index (χ0v) is 15.9. The van der Waals surface area contributed by atoms with Gasteiger partial charge in [0.05, 0.1) is 5.54 Å². The number of para-hydroxylation sites is 1. The van der Waals surface area contributed by atoms with Gasteiger partial charge in [0.15, 0.2) is 0 Å². The molecule has 0 saturated carbocycles. The molecule has 0 spiro atoms. The van der Waals surface area contributed by atoms with Crippen molar-refractivity contribution >= 4 is 5.91 Å². The van der Waals surface area contributed by atoms with Crippen LogP contribution in [-0.2, 0) is 12.1 Å². The van der Waals surface area contributed by atoms with Crippen LogP contribution in [0.2, 0.25) is 0 Å². The largest absolute Gasteiger partial charge is 0.487 e. The molecule has 1 aliphatic heterocycles. The zero-order chi connectivity index (χ0) is 19.4. The van der Waals surface area contributed by atoms with Crippen molar-refractivity contribution in [1.29, 1.82) is 0 Å². The summed E-state index contributed by atoms with van der Waals surface area (Å²) in [6.07, 6.45) is 5.34. The van der Waals surface area contributed by atoms with Gasteiger partial charge >= 0.3 is 0 Å². The van der Waals surface area contributed by atoms with Gasteiger partial charge in [0.2, 0.25) is 0 Å². The zero-order valence-electron chi connectivity index (χ0n) is 15.9. The van der Waals surface area contributed by atoms with Crippen LogP contribution in [0.15, 0.2) is 73.4 Å². The van der Waals surface area contributed by atoms with Gasteiger partial charge in [-0.15, -0.1) is 0 Å². The SMILES string of the molecule is C=C/C=C(\C=C)CN1CC(C)(C)n2nc(COc3ccccc3)cc2C1=O. The number of amides is 1. The van der Waals surface area contributed by atoms with Crippen molar-refractivity contribution in [3.8, 4) is 5.75 Å². The van der Waals surface area contributed by atoms with Gasteiger partial charge in [0.25, 0.3) is 5.91 Å². The molecule has 0 aliphatic carbocycles. The van der Waals surface area contributed by atoms with Gasteiger partial charge in [-0.1, -0.05) is 49.6 Å². The minimum absolute atomic E-state index is 0.0374. The third-order valence-corrected chi connectivity index (χ3v) is 4.51. The fraction of sp³-hybridized carbons (Fsp3) is 0.273. The Balaban J connectivity index is 1.82. The minimum atomic E-state index is -0.311. The Labute approximate surface area is 160 Å². The maximum atomic E-state index is 13.0. The lowest BCUT2D eigenvalue weighted by Crippen LogP contribution is -2.51. The summed E-state index contributed by atoms with van der Waals surface area (Å²) in [4.78, 5) is 14.8. The Morgan fingerprint density at radius 3 is 2.70 bits per heavy atom. The van der Waals surface area contributed by atoms with Crippen molar-refractivity contribution in [3.63, 3.8) is 0 Å². The molecule has 1 amide bonds.